The van der Waals surface area contributed by atoms with Crippen LogP contribution in [0.2, 0.25) is 0 Å². The predicted molar refractivity (Wildman–Crippen MR) is 78.0 cm³/mol. The summed E-state index contributed by atoms with van der Waals surface area (Å²) in [5, 5.41) is 0.0176. The molecule has 0 bridgehead atoms. The van der Waals surface area contributed by atoms with Crippen molar-refractivity contribution >= 4 is 27.5 Å². The second kappa shape index (κ2) is 7.27. The van der Waals surface area contributed by atoms with Gasteiger partial charge in [0.2, 0.25) is 0 Å². The first kappa shape index (κ1) is 14.8. The van der Waals surface area contributed by atoms with Crippen LogP contribution in [0.25, 0.3) is 0 Å². The Balaban J connectivity index is 2.89. The average molecular weight is 320 g/mol. The molecule has 0 radical (unpaired) electrons. The van der Waals surface area contributed by atoms with E-state index >= 15 is 0 Å². The Kier molecular flexibility index (Phi) is 6.35. The van der Waals surface area contributed by atoms with Gasteiger partial charge in [0.15, 0.2) is 0 Å². The van der Waals surface area contributed by atoms with E-state index in [1.807, 2.05) is 19.1 Å². The van der Waals surface area contributed by atoms with Gasteiger partial charge in [0.05, 0.1) is 12.0 Å². The molecule has 1 aromatic rings. The van der Waals surface area contributed by atoms with E-state index in [4.69, 9.17) is 16.3 Å². The van der Waals surface area contributed by atoms with Gasteiger partial charge in [-0.05, 0) is 37.5 Å². The van der Waals surface area contributed by atoms with Gasteiger partial charge in [-0.15, -0.1) is 11.6 Å². The Bertz CT molecular complexity index is 354. The molecule has 0 aliphatic rings. The second-order valence-electron chi connectivity index (χ2n) is 4.33. The highest BCUT2D eigenvalue weighted by Crippen LogP contribution is 2.36. The van der Waals surface area contributed by atoms with Gasteiger partial charge >= 0.3 is 0 Å². The summed E-state index contributed by atoms with van der Waals surface area (Å²) in [4.78, 5) is 0. The van der Waals surface area contributed by atoms with Crippen LogP contribution < -0.4 is 4.74 Å². The number of benzene rings is 1. The third kappa shape index (κ3) is 4.51. The molecule has 2 atom stereocenters. The molecule has 0 saturated carbocycles. The molecular formula is C14H20BrClO. The summed E-state index contributed by atoms with van der Waals surface area (Å²) in [6.45, 7) is 7.08. The van der Waals surface area contributed by atoms with E-state index in [0.29, 0.717) is 12.5 Å². The van der Waals surface area contributed by atoms with Crippen molar-refractivity contribution < 1.29 is 4.74 Å². The molecule has 1 aromatic carbocycles. The zero-order valence-corrected chi connectivity index (χ0v) is 13.0. The van der Waals surface area contributed by atoms with Crippen LogP contribution >= 0.6 is 27.5 Å². The Morgan fingerprint density at radius 1 is 1.35 bits per heavy atom. The van der Waals surface area contributed by atoms with E-state index < -0.39 is 0 Å². The van der Waals surface area contributed by atoms with Gasteiger partial charge in [-0.1, -0.05) is 36.2 Å². The Morgan fingerprint density at radius 3 is 2.65 bits per heavy atom. The first-order valence-corrected chi connectivity index (χ1v) is 7.37. The number of ether oxygens (including phenoxy) is 1. The molecule has 0 fully saturated rings. The van der Waals surface area contributed by atoms with Gasteiger partial charge in [0, 0.05) is 10.0 Å². The molecule has 1 rings (SSSR count). The van der Waals surface area contributed by atoms with Crippen LogP contribution in [0.1, 0.15) is 44.6 Å². The molecule has 0 saturated heterocycles. The highest BCUT2D eigenvalue weighted by Gasteiger charge is 2.16. The standard InChI is InChI=1S/C14H20BrClO/c1-4-10(3)8-13(16)12-9-11(15)6-7-14(12)17-5-2/h6-7,9-10,13H,4-5,8H2,1-3H3. The molecule has 0 heterocycles. The van der Waals surface area contributed by atoms with Gasteiger partial charge < -0.3 is 4.74 Å². The van der Waals surface area contributed by atoms with Crippen molar-refractivity contribution in [3.63, 3.8) is 0 Å². The fourth-order valence-corrected chi connectivity index (χ4v) is 2.55. The van der Waals surface area contributed by atoms with E-state index in [2.05, 4.69) is 35.8 Å². The first-order chi connectivity index (χ1) is 8.08. The summed E-state index contributed by atoms with van der Waals surface area (Å²) in [7, 11) is 0. The molecule has 0 aliphatic carbocycles. The molecule has 0 amide bonds. The van der Waals surface area contributed by atoms with Crippen molar-refractivity contribution in [2.24, 2.45) is 5.92 Å². The number of alkyl halides is 1. The molecule has 1 nitrogen and oxygen atoms in total. The summed E-state index contributed by atoms with van der Waals surface area (Å²) in [5.74, 6) is 1.53. The molecule has 17 heavy (non-hydrogen) atoms. The second-order valence-corrected chi connectivity index (χ2v) is 5.77. The van der Waals surface area contributed by atoms with Crippen molar-refractivity contribution in [1.82, 2.24) is 0 Å². The van der Waals surface area contributed by atoms with Gasteiger partial charge in [-0.3, -0.25) is 0 Å². The molecule has 96 valence electrons. The molecule has 0 aromatic heterocycles. The van der Waals surface area contributed by atoms with Crippen LogP contribution in [-0.4, -0.2) is 6.61 Å². The van der Waals surface area contributed by atoms with Crippen molar-refractivity contribution in [2.45, 2.75) is 39.0 Å². The Morgan fingerprint density at radius 2 is 2.06 bits per heavy atom. The van der Waals surface area contributed by atoms with Gasteiger partial charge in [-0.25, -0.2) is 0 Å². The van der Waals surface area contributed by atoms with Crippen LogP contribution in [-0.2, 0) is 0 Å². The topological polar surface area (TPSA) is 9.23 Å². The summed E-state index contributed by atoms with van der Waals surface area (Å²) < 4.78 is 6.67. The molecular weight excluding hydrogens is 300 g/mol. The SMILES string of the molecule is CCOc1ccc(Br)cc1C(Cl)CC(C)CC. The Hall–Kier alpha value is -0.210. The lowest BCUT2D eigenvalue weighted by molar-refractivity contribution is 0.334. The lowest BCUT2D eigenvalue weighted by Gasteiger charge is -2.18. The zero-order chi connectivity index (χ0) is 12.8. The van der Waals surface area contributed by atoms with Crippen LogP contribution in [0.3, 0.4) is 0 Å². The number of rotatable bonds is 6. The van der Waals surface area contributed by atoms with Crippen molar-refractivity contribution in [1.29, 1.82) is 0 Å². The van der Waals surface area contributed by atoms with E-state index in [1.165, 1.54) is 0 Å². The Labute approximate surface area is 118 Å². The van der Waals surface area contributed by atoms with E-state index in [9.17, 15) is 0 Å². The number of hydrogen-bond acceptors (Lipinski definition) is 1. The van der Waals surface area contributed by atoms with E-state index in [1.54, 1.807) is 0 Å². The lowest BCUT2D eigenvalue weighted by atomic mass is 9.98. The van der Waals surface area contributed by atoms with Crippen LogP contribution in [0, 0.1) is 5.92 Å². The highest BCUT2D eigenvalue weighted by atomic mass is 79.9. The minimum atomic E-state index is 0.0176. The van der Waals surface area contributed by atoms with Crippen LogP contribution in [0.15, 0.2) is 22.7 Å². The summed E-state index contributed by atoms with van der Waals surface area (Å²) >= 11 is 9.98. The summed E-state index contributed by atoms with van der Waals surface area (Å²) in [6.07, 6.45) is 2.13. The minimum Gasteiger partial charge on any atom is -0.494 e. The van der Waals surface area contributed by atoms with Gasteiger partial charge in [-0.2, -0.15) is 0 Å². The van der Waals surface area contributed by atoms with Crippen molar-refractivity contribution in [3.8, 4) is 5.75 Å². The lowest BCUT2D eigenvalue weighted by Crippen LogP contribution is -2.03. The molecule has 3 heteroatoms. The van der Waals surface area contributed by atoms with E-state index in [-0.39, 0.29) is 5.38 Å². The molecule has 0 N–H and O–H groups in total. The first-order valence-electron chi connectivity index (χ1n) is 6.14. The monoisotopic (exact) mass is 318 g/mol. The third-order valence-corrected chi connectivity index (χ3v) is 3.82. The average Bonchev–Trinajstić information content (AvgIpc) is 2.31. The van der Waals surface area contributed by atoms with Gasteiger partial charge in [0.1, 0.15) is 5.75 Å². The van der Waals surface area contributed by atoms with Gasteiger partial charge in [0.25, 0.3) is 0 Å². The maximum Gasteiger partial charge on any atom is 0.124 e. The van der Waals surface area contributed by atoms with Crippen molar-refractivity contribution in [2.75, 3.05) is 6.61 Å². The highest BCUT2D eigenvalue weighted by molar-refractivity contribution is 9.10. The van der Waals surface area contributed by atoms with E-state index in [0.717, 1.165) is 28.6 Å². The molecule has 0 aliphatic heterocycles. The normalized spacial score (nSPS) is 14.4. The maximum absolute atomic E-state index is 6.49. The predicted octanol–water partition coefficient (Wildman–Crippen LogP) is 5.56. The zero-order valence-electron chi connectivity index (χ0n) is 10.7. The fourth-order valence-electron chi connectivity index (χ4n) is 1.70. The largest absolute Gasteiger partial charge is 0.494 e. The number of halogens is 2. The minimum absolute atomic E-state index is 0.0176. The van der Waals surface area contributed by atoms with Crippen LogP contribution in [0.5, 0.6) is 5.75 Å². The summed E-state index contributed by atoms with van der Waals surface area (Å²) in [5.41, 5.74) is 1.09. The summed E-state index contributed by atoms with van der Waals surface area (Å²) in [6, 6.07) is 6.03. The molecule has 0 spiro atoms. The smallest absolute Gasteiger partial charge is 0.124 e. The third-order valence-electron chi connectivity index (χ3n) is 2.92. The van der Waals surface area contributed by atoms with Crippen LogP contribution in [0.4, 0.5) is 0 Å². The molecule has 2 unspecified atom stereocenters. The quantitative estimate of drug-likeness (QED) is 0.623. The maximum atomic E-state index is 6.49. The number of hydrogen-bond donors (Lipinski definition) is 0. The van der Waals surface area contributed by atoms with Crippen molar-refractivity contribution in [3.05, 3.63) is 28.2 Å². The fraction of sp³-hybridized carbons (Fsp3) is 0.571.